The molecule has 0 aliphatic carbocycles. The van der Waals surface area contributed by atoms with Gasteiger partial charge in [0.15, 0.2) is 0 Å². The van der Waals surface area contributed by atoms with Crippen molar-refractivity contribution in [3.05, 3.63) is 59.9 Å². The second-order valence-electron chi connectivity index (χ2n) is 7.06. The SMILES string of the molecule is CN(C)c1ccc2cc(-c3ccc(C=C(C#N)C(=O)NCC(O)CO)o3)ccc2c1. The summed E-state index contributed by atoms with van der Waals surface area (Å²) in [6.45, 7) is -0.625. The molecule has 30 heavy (non-hydrogen) atoms. The molecule has 3 rings (SSSR count). The van der Waals surface area contributed by atoms with E-state index in [2.05, 4.69) is 17.4 Å². The number of carbonyl (C=O) groups is 1. The predicted molar refractivity (Wildman–Crippen MR) is 116 cm³/mol. The molecule has 0 radical (unpaired) electrons. The topological polar surface area (TPSA) is 110 Å². The van der Waals surface area contributed by atoms with Crippen LogP contribution in [0.25, 0.3) is 28.2 Å². The molecule has 3 N–H and O–H groups in total. The van der Waals surface area contributed by atoms with Crippen molar-refractivity contribution < 1.29 is 19.4 Å². The summed E-state index contributed by atoms with van der Waals surface area (Å²) in [7, 11) is 4.00. The van der Waals surface area contributed by atoms with Crippen molar-refractivity contribution in [3.8, 4) is 17.4 Å². The van der Waals surface area contributed by atoms with Gasteiger partial charge in [-0.15, -0.1) is 0 Å². The maximum atomic E-state index is 12.1. The van der Waals surface area contributed by atoms with Crippen molar-refractivity contribution in [3.63, 3.8) is 0 Å². The molecule has 0 fully saturated rings. The molecular weight excluding hydrogens is 382 g/mol. The lowest BCUT2D eigenvalue weighted by Crippen LogP contribution is -2.34. The summed E-state index contributed by atoms with van der Waals surface area (Å²) < 4.78 is 5.80. The third kappa shape index (κ3) is 4.87. The monoisotopic (exact) mass is 405 g/mol. The van der Waals surface area contributed by atoms with Gasteiger partial charge >= 0.3 is 0 Å². The number of furan rings is 1. The molecule has 7 heteroatoms. The fourth-order valence-corrected chi connectivity index (χ4v) is 2.91. The average molecular weight is 405 g/mol. The molecule has 154 valence electrons. The Morgan fingerprint density at radius 2 is 1.93 bits per heavy atom. The second kappa shape index (κ2) is 9.27. The fraction of sp³-hybridized carbons (Fsp3) is 0.217. The number of aliphatic hydroxyl groups excluding tert-OH is 2. The Labute approximate surface area is 174 Å². The number of hydrogen-bond donors (Lipinski definition) is 3. The molecular formula is C23H23N3O4. The molecule has 0 saturated carbocycles. The minimum atomic E-state index is -1.08. The summed E-state index contributed by atoms with van der Waals surface area (Å²) in [6.07, 6.45) is 0.264. The van der Waals surface area contributed by atoms with E-state index in [1.54, 1.807) is 12.1 Å². The van der Waals surface area contributed by atoms with Gasteiger partial charge in [0.1, 0.15) is 23.2 Å². The molecule has 0 saturated heterocycles. The summed E-state index contributed by atoms with van der Waals surface area (Å²) >= 11 is 0. The first-order valence-corrected chi connectivity index (χ1v) is 9.41. The number of nitrogens with zero attached hydrogens (tertiary/aromatic N) is 2. The Morgan fingerprint density at radius 3 is 2.63 bits per heavy atom. The van der Waals surface area contributed by atoms with E-state index in [1.165, 1.54) is 6.08 Å². The number of hydrogen-bond acceptors (Lipinski definition) is 6. The molecule has 1 atom stereocenters. The minimum Gasteiger partial charge on any atom is -0.457 e. The van der Waals surface area contributed by atoms with E-state index >= 15 is 0 Å². The number of benzene rings is 2. The van der Waals surface area contributed by atoms with E-state index in [0.717, 1.165) is 22.0 Å². The lowest BCUT2D eigenvalue weighted by molar-refractivity contribution is -0.117. The highest BCUT2D eigenvalue weighted by atomic mass is 16.3. The molecule has 7 nitrogen and oxygen atoms in total. The summed E-state index contributed by atoms with van der Waals surface area (Å²) in [5, 5.41) is 31.9. The number of amides is 1. The highest BCUT2D eigenvalue weighted by Gasteiger charge is 2.13. The van der Waals surface area contributed by atoms with Crippen LogP contribution in [0.2, 0.25) is 0 Å². The van der Waals surface area contributed by atoms with Crippen LogP contribution < -0.4 is 10.2 Å². The standard InChI is InChI=1S/C23H23N3O4/c1-26(2)19-6-5-15-9-17(4-3-16(15)10-19)22-8-7-21(30-22)11-18(12-24)23(29)25-13-20(28)14-27/h3-11,20,27-28H,13-14H2,1-2H3,(H,25,29). The van der Waals surface area contributed by atoms with Crippen molar-refractivity contribution in [2.24, 2.45) is 0 Å². The normalized spacial score (nSPS) is 12.4. The van der Waals surface area contributed by atoms with Gasteiger partial charge in [-0.3, -0.25) is 4.79 Å². The van der Waals surface area contributed by atoms with Crippen LogP contribution >= 0.6 is 0 Å². The van der Waals surface area contributed by atoms with Gasteiger partial charge in [-0.2, -0.15) is 5.26 Å². The van der Waals surface area contributed by atoms with E-state index in [0.29, 0.717) is 11.5 Å². The van der Waals surface area contributed by atoms with Gasteiger partial charge in [0, 0.05) is 38.0 Å². The number of rotatable bonds is 7. The predicted octanol–water partition coefficient (Wildman–Crippen LogP) is 2.54. The van der Waals surface area contributed by atoms with Gasteiger partial charge in [-0.1, -0.05) is 18.2 Å². The number of fused-ring (bicyclic) bond motifs is 1. The second-order valence-corrected chi connectivity index (χ2v) is 7.06. The Hall–Kier alpha value is -3.60. The summed E-state index contributed by atoms with van der Waals surface area (Å²) in [5.41, 5.74) is 1.85. The highest BCUT2D eigenvalue weighted by molar-refractivity contribution is 6.01. The van der Waals surface area contributed by atoms with Crippen LogP contribution in [0, 0.1) is 11.3 Å². The molecule has 0 aliphatic rings. The Morgan fingerprint density at radius 1 is 1.20 bits per heavy atom. The molecule has 1 unspecified atom stereocenters. The largest absolute Gasteiger partial charge is 0.457 e. The van der Waals surface area contributed by atoms with Crippen molar-refractivity contribution in [1.29, 1.82) is 5.26 Å². The van der Waals surface area contributed by atoms with Crippen LogP contribution in [0.15, 0.2) is 58.5 Å². The van der Waals surface area contributed by atoms with Crippen LogP contribution in [-0.2, 0) is 4.79 Å². The van der Waals surface area contributed by atoms with Crippen LogP contribution in [0.4, 0.5) is 5.69 Å². The zero-order valence-corrected chi connectivity index (χ0v) is 16.8. The summed E-state index contributed by atoms with van der Waals surface area (Å²) in [5.74, 6) is 0.334. The minimum absolute atomic E-state index is 0.148. The van der Waals surface area contributed by atoms with Crippen LogP contribution in [0.5, 0.6) is 0 Å². The quantitative estimate of drug-likeness (QED) is 0.412. The van der Waals surface area contributed by atoms with Crippen molar-refractivity contribution >= 4 is 28.4 Å². The van der Waals surface area contributed by atoms with Crippen molar-refractivity contribution in [2.75, 3.05) is 32.1 Å². The lowest BCUT2D eigenvalue weighted by Gasteiger charge is -2.13. The molecule has 1 aromatic heterocycles. The smallest absolute Gasteiger partial charge is 0.262 e. The Kier molecular flexibility index (Phi) is 6.52. The lowest BCUT2D eigenvalue weighted by atomic mass is 10.0. The van der Waals surface area contributed by atoms with Gasteiger partial charge < -0.3 is 24.8 Å². The van der Waals surface area contributed by atoms with Crippen molar-refractivity contribution in [2.45, 2.75) is 6.10 Å². The summed E-state index contributed by atoms with van der Waals surface area (Å²) in [4.78, 5) is 14.1. The molecule has 0 bridgehead atoms. The van der Waals surface area contributed by atoms with Gasteiger partial charge in [0.25, 0.3) is 5.91 Å². The number of nitrogens with one attached hydrogen (secondary N) is 1. The number of carbonyl (C=O) groups excluding carboxylic acids is 1. The van der Waals surface area contributed by atoms with E-state index in [9.17, 15) is 15.2 Å². The van der Waals surface area contributed by atoms with Gasteiger partial charge in [-0.25, -0.2) is 0 Å². The van der Waals surface area contributed by atoms with E-state index in [1.807, 2.05) is 49.3 Å². The number of aliphatic hydroxyl groups is 2. The van der Waals surface area contributed by atoms with Crippen LogP contribution in [0.3, 0.4) is 0 Å². The Balaban J connectivity index is 1.81. The summed E-state index contributed by atoms with van der Waals surface area (Å²) in [6, 6.07) is 17.5. The number of anilines is 1. The van der Waals surface area contributed by atoms with Gasteiger partial charge in [0.2, 0.25) is 0 Å². The molecule has 1 heterocycles. The maximum Gasteiger partial charge on any atom is 0.262 e. The Bertz CT molecular complexity index is 1120. The molecule has 3 aromatic rings. The van der Waals surface area contributed by atoms with E-state index in [4.69, 9.17) is 9.52 Å². The zero-order valence-electron chi connectivity index (χ0n) is 16.8. The molecule has 2 aromatic carbocycles. The first-order valence-electron chi connectivity index (χ1n) is 9.41. The number of nitriles is 1. The average Bonchev–Trinajstić information content (AvgIpc) is 3.23. The van der Waals surface area contributed by atoms with Crippen molar-refractivity contribution in [1.82, 2.24) is 5.32 Å². The van der Waals surface area contributed by atoms with Crippen LogP contribution in [0.1, 0.15) is 5.76 Å². The third-order valence-corrected chi connectivity index (χ3v) is 4.61. The van der Waals surface area contributed by atoms with Crippen LogP contribution in [-0.4, -0.2) is 49.5 Å². The highest BCUT2D eigenvalue weighted by Crippen LogP contribution is 2.28. The third-order valence-electron chi connectivity index (χ3n) is 4.61. The zero-order chi connectivity index (χ0) is 21.7. The van der Waals surface area contributed by atoms with E-state index < -0.39 is 18.6 Å². The molecule has 0 spiro atoms. The van der Waals surface area contributed by atoms with E-state index in [-0.39, 0.29) is 12.1 Å². The first-order chi connectivity index (χ1) is 14.4. The van der Waals surface area contributed by atoms with Gasteiger partial charge in [0.05, 0.1) is 12.7 Å². The maximum absolute atomic E-state index is 12.1. The first kappa shape index (κ1) is 21.1. The molecule has 1 amide bonds. The van der Waals surface area contributed by atoms with Gasteiger partial charge in [-0.05, 0) is 41.1 Å². The fourth-order valence-electron chi connectivity index (χ4n) is 2.91. The molecule has 0 aliphatic heterocycles.